The van der Waals surface area contributed by atoms with E-state index < -0.39 is 0 Å². The number of carbonyl (C=O) groups excluding carboxylic acids is 1. The summed E-state index contributed by atoms with van der Waals surface area (Å²) in [5, 5.41) is 7.70. The van der Waals surface area contributed by atoms with Gasteiger partial charge in [0.05, 0.1) is 10.3 Å². The second-order valence-corrected chi connectivity index (χ2v) is 9.82. The predicted molar refractivity (Wildman–Crippen MR) is 113 cm³/mol. The van der Waals surface area contributed by atoms with Crippen LogP contribution in [0.3, 0.4) is 0 Å². The van der Waals surface area contributed by atoms with Gasteiger partial charge in [0.2, 0.25) is 5.91 Å². The van der Waals surface area contributed by atoms with Gasteiger partial charge in [0.15, 0.2) is 0 Å². The first-order valence-corrected chi connectivity index (χ1v) is 11.0. The maximum Gasteiger partial charge on any atom is 0.231 e. The van der Waals surface area contributed by atoms with Crippen molar-refractivity contribution in [2.75, 3.05) is 13.1 Å². The van der Waals surface area contributed by atoms with Crippen molar-refractivity contribution in [1.29, 1.82) is 0 Å². The summed E-state index contributed by atoms with van der Waals surface area (Å²) in [6.07, 6.45) is 3.52. The van der Waals surface area contributed by atoms with Crippen molar-refractivity contribution in [3.8, 4) is 0 Å². The predicted octanol–water partition coefficient (Wildman–Crippen LogP) is 5.16. The van der Waals surface area contributed by atoms with Gasteiger partial charge < -0.3 is 10.2 Å². The van der Waals surface area contributed by atoms with Gasteiger partial charge in [-0.25, -0.2) is 0 Å². The van der Waals surface area contributed by atoms with Crippen molar-refractivity contribution in [1.82, 2.24) is 10.2 Å². The average Bonchev–Trinajstić information content (AvgIpc) is 3.01. The lowest BCUT2D eigenvalue weighted by Gasteiger charge is -2.31. The summed E-state index contributed by atoms with van der Waals surface area (Å²) >= 11 is 9.30. The minimum Gasteiger partial charge on any atom is -0.334 e. The molecule has 2 unspecified atom stereocenters. The maximum absolute atomic E-state index is 13.4. The van der Waals surface area contributed by atoms with Crippen LogP contribution in [0.5, 0.6) is 0 Å². The molecule has 1 amide bonds. The van der Waals surface area contributed by atoms with Crippen LogP contribution in [-0.4, -0.2) is 29.9 Å². The fraction of sp³-hybridized carbons (Fsp3) is 0.526. The average molecular weight is 431 g/mol. The quantitative estimate of drug-likeness (QED) is 0.709. The van der Waals surface area contributed by atoms with Gasteiger partial charge in [0, 0.05) is 17.5 Å². The number of nitrogens with one attached hydrogen (secondary N) is 1. The van der Waals surface area contributed by atoms with E-state index >= 15 is 0 Å². The fourth-order valence-corrected chi connectivity index (χ4v) is 5.85. The molecule has 1 aliphatic carbocycles. The van der Waals surface area contributed by atoms with Crippen LogP contribution >= 0.6 is 46.7 Å². The molecule has 0 bridgehead atoms. The normalized spacial score (nSPS) is 21.8. The zero-order valence-electron chi connectivity index (χ0n) is 14.7. The smallest absolute Gasteiger partial charge is 0.231 e. The zero-order chi connectivity index (χ0) is 17.4. The first-order valence-electron chi connectivity index (χ1n) is 8.87. The number of hydrogen-bond acceptors (Lipinski definition) is 4. The summed E-state index contributed by atoms with van der Waals surface area (Å²) in [5.74, 6) is 0.112. The van der Waals surface area contributed by atoms with Gasteiger partial charge in [0.1, 0.15) is 0 Å². The number of hydrogen-bond donors (Lipinski definition) is 1. The third-order valence-electron chi connectivity index (χ3n) is 5.73. The molecule has 4 rings (SSSR count). The van der Waals surface area contributed by atoms with Gasteiger partial charge in [-0.3, -0.25) is 4.79 Å². The van der Waals surface area contributed by atoms with E-state index in [1.54, 1.807) is 11.3 Å². The molecule has 2 aromatic heterocycles. The van der Waals surface area contributed by atoms with Crippen LogP contribution in [-0.2, 0) is 11.3 Å². The molecule has 1 saturated carbocycles. The van der Waals surface area contributed by atoms with Gasteiger partial charge in [-0.1, -0.05) is 11.6 Å². The zero-order valence-corrected chi connectivity index (χ0v) is 17.9. The van der Waals surface area contributed by atoms with E-state index in [1.807, 2.05) is 19.1 Å². The Kier molecular flexibility index (Phi) is 6.35. The summed E-state index contributed by atoms with van der Waals surface area (Å²) in [5.41, 5.74) is 1.59. The lowest BCUT2D eigenvalue weighted by molar-refractivity contribution is -0.134. The van der Waals surface area contributed by atoms with Crippen LogP contribution in [0.15, 0.2) is 29.0 Å². The van der Waals surface area contributed by atoms with E-state index in [2.05, 4.69) is 27.0 Å². The Labute approximate surface area is 174 Å². The molecule has 3 heterocycles. The summed E-state index contributed by atoms with van der Waals surface area (Å²) in [4.78, 5) is 16.6. The highest BCUT2D eigenvalue weighted by Gasteiger charge is 2.58. The van der Waals surface area contributed by atoms with E-state index in [1.165, 1.54) is 29.7 Å². The van der Waals surface area contributed by atoms with Gasteiger partial charge in [-0.05, 0) is 79.2 Å². The Morgan fingerprint density at radius 3 is 2.77 bits per heavy atom. The molecule has 1 N–H and O–H groups in total. The lowest BCUT2D eigenvalue weighted by atomic mass is 9.93. The van der Waals surface area contributed by atoms with Crippen molar-refractivity contribution in [3.05, 3.63) is 43.7 Å². The second kappa shape index (κ2) is 8.19. The SMILES string of the molecule is CC(C(=O)N(Cc1ccsc1)C1CC12CCNCC2)c1ccc(Cl)s1.Cl. The molecule has 3 nitrogen and oxygen atoms in total. The monoisotopic (exact) mass is 430 g/mol. The van der Waals surface area contributed by atoms with Crippen LogP contribution in [0.25, 0.3) is 0 Å². The van der Waals surface area contributed by atoms with Crippen molar-refractivity contribution in [3.63, 3.8) is 0 Å². The summed E-state index contributed by atoms with van der Waals surface area (Å²) in [6, 6.07) is 6.40. The molecule has 26 heavy (non-hydrogen) atoms. The highest BCUT2D eigenvalue weighted by molar-refractivity contribution is 7.16. The van der Waals surface area contributed by atoms with Crippen molar-refractivity contribution < 1.29 is 4.79 Å². The Morgan fingerprint density at radius 1 is 1.38 bits per heavy atom. The summed E-state index contributed by atoms with van der Waals surface area (Å²) < 4.78 is 0.750. The maximum atomic E-state index is 13.4. The molecular weight excluding hydrogens is 407 g/mol. The standard InChI is InChI=1S/C19H23ClN2OS2.ClH/c1-13(15-2-3-17(20)25-15)18(23)22(11-14-4-9-24-12-14)16-10-19(16)5-7-21-8-6-19;/h2-4,9,12-13,16,21H,5-8,10-11H2,1H3;1H. The van der Waals surface area contributed by atoms with E-state index in [0.29, 0.717) is 11.5 Å². The number of amides is 1. The molecule has 2 aliphatic rings. The van der Waals surface area contributed by atoms with E-state index in [0.717, 1.165) is 35.3 Å². The van der Waals surface area contributed by atoms with Crippen molar-refractivity contribution >= 4 is 52.6 Å². The molecule has 0 radical (unpaired) electrons. The van der Waals surface area contributed by atoms with Gasteiger partial charge in [0.25, 0.3) is 0 Å². The topological polar surface area (TPSA) is 32.3 Å². The molecule has 2 aromatic rings. The van der Waals surface area contributed by atoms with E-state index in [9.17, 15) is 4.79 Å². The van der Waals surface area contributed by atoms with Crippen LogP contribution in [0.2, 0.25) is 4.34 Å². The molecule has 2 atom stereocenters. The highest BCUT2D eigenvalue weighted by atomic mass is 35.5. The molecule has 0 aromatic carbocycles. The Balaban J connectivity index is 0.00000196. The Morgan fingerprint density at radius 2 is 2.15 bits per heavy atom. The molecule has 2 fully saturated rings. The number of nitrogens with zero attached hydrogens (tertiary/aromatic N) is 1. The minimum absolute atomic E-state index is 0. The summed E-state index contributed by atoms with van der Waals surface area (Å²) in [7, 11) is 0. The van der Waals surface area contributed by atoms with E-state index in [4.69, 9.17) is 11.6 Å². The van der Waals surface area contributed by atoms with Gasteiger partial charge >= 0.3 is 0 Å². The van der Waals surface area contributed by atoms with Crippen LogP contribution in [0.4, 0.5) is 0 Å². The van der Waals surface area contributed by atoms with Crippen LogP contribution in [0.1, 0.15) is 42.5 Å². The Hall–Kier alpha value is -0.590. The molecule has 1 saturated heterocycles. The number of carbonyl (C=O) groups is 1. The van der Waals surface area contributed by atoms with Crippen LogP contribution in [0, 0.1) is 5.41 Å². The van der Waals surface area contributed by atoms with Gasteiger partial charge in [-0.2, -0.15) is 11.3 Å². The minimum atomic E-state index is -0.129. The fourth-order valence-electron chi connectivity index (χ4n) is 4.08. The first kappa shape index (κ1) is 20.2. The molecular formula is C19H24Cl2N2OS2. The summed E-state index contributed by atoms with van der Waals surface area (Å²) in [6.45, 7) is 4.90. The van der Waals surface area contributed by atoms with Gasteiger partial charge in [-0.15, -0.1) is 23.7 Å². The Bertz CT molecular complexity index is 741. The molecule has 1 aliphatic heterocycles. The molecule has 7 heteroatoms. The van der Waals surface area contributed by atoms with Crippen LogP contribution < -0.4 is 5.32 Å². The third-order valence-corrected chi connectivity index (χ3v) is 7.88. The number of thiophene rings is 2. The number of piperidine rings is 1. The second-order valence-electron chi connectivity index (χ2n) is 7.29. The van der Waals surface area contributed by atoms with Crippen molar-refractivity contribution in [2.24, 2.45) is 5.41 Å². The lowest BCUT2D eigenvalue weighted by Crippen LogP contribution is -2.40. The third kappa shape index (κ3) is 3.97. The van der Waals surface area contributed by atoms with Crippen molar-refractivity contribution in [2.45, 2.75) is 44.7 Å². The highest BCUT2D eigenvalue weighted by Crippen LogP contribution is 2.56. The number of rotatable bonds is 5. The molecule has 1 spiro atoms. The number of halogens is 2. The largest absolute Gasteiger partial charge is 0.334 e. The first-order chi connectivity index (χ1) is 12.1. The van der Waals surface area contributed by atoms with E-state index in [-0.39, 0.29) is 24.2 Å². The molecule has 142 valence electrons.